The fourth-order valence-electron chi connectivity index (χ4n) is 2.73. The number of rotatable bonds is 10. The van der Waals surface area contributed by atoms with E-state index in [4.69, 9.17) is 5.14 Å². The van der Waals surface area contributed by atoms with Crippen molar-refractivity contribution in [2.45, 2.75) is 45.1 Å². The largest absolute Gasteiger partial charge is 0.396 e. The number of guanidine groups is 1. The Kier molecular flexibility index (Phi) is 12.8. The van der Waals surface area contributed by atoms with Gasteiger partial charge in [0.25, 0.3) is 0 Å². The molecule has 0 aliphatic heterocycles. The first-order valence-corrected chi connectivity index (χ1v) is 10.6. The van der Waals surface area contributed by atoms with E-state index in [1.54, 1.807) is 6.07 Å². The number of aliphatic hydroxyl groups is 1. The molecule has 0 heterocycles. The molecule has 156 valence electrons. The highest BCUT2D eigenvalue weighted by molar-refractivity contribution is 14.0. The molecule has 0 aliphatic rings. The van der Waals surface area contributed by atoms with E-state index in [2.05, 4.69) is 29.5 Å². The maximum Gasteiger partial charge on any atom is 0.238 e. The Balaban J connectivity index is 0.00000676. The van der Waals surface area contributed by atoms with Gasteiger partial charge in [-0.05, 0) is 49.3 Å². The van der Waals surface area contributed by atoms with Crippen LogP contribution in [0.2, 0.25) is 0 Å². The zero-order chi connectivity index (χ0) is 19.6. The fourth-order valence-corrected chi connectivity index (χ4v) is 3.31. The van der Waals surface area contributed by atoms with Gasteiger partial charge < -0.3 is 15.7 Å². The molecule has 27 heavy (non-hydrogen) atoms. The van der Waals surface area contributed by atoms with Gasteiger partial charge in [-0.15, -0.1) is 24.0 Å². The predicted molar refractivity (Wildman–Crippen MR) is 121 cm³/mol. The average molecular weight is 512 g/mol. The first-order chi connectivity index (χ1) is 12.3. The van der Waals surface area contributed by atoms with Crippen molar-refractivity contribution >= 4 is 40.0 Å². The van der Waals surface area contributed by atoms with Gasteiger partial charge in [0.05, 0.1) is 11.4 Å². The second kappa shape index (κ2) is 13.3. The Labute approximate surface area is 180 Å². The van der Waals surface area contributed by atoms with Crippen LogP contribution in [0.1, 0.15) is 39.2 Å². The van der Waals surface area contributed by atoms with Crippen molar-refractivity contribution in [3.05, 3.63) is 29.8 Å². The van der Waals surface area contributed by atoms with E-state index in [1.807, 2.05) is 13.0 Å². The maximum atomic E-state index is 11.4. The van der Waals surface area contributed by atoms with Crippen LogP contribution in [0.4, 0.5) is 0 Å². The highest BCUT2D eigenvalue weighted by Crippen LogP contribution is 2.14. The third-order valence-electron chi connectivity index (χ3n) is 3.89. The van der Waals surface area contributed by atoms with Crippen LogP contribution < -0.4 is 15.8 Å². The molecule has 1 atom stereocenters. The molecule has 0 saturated carbocycles. The molecular formula is C18H33IN4O3S. The molecule has 0 radical (unpaired) electrons. The number of aliphatic hydroxyl groups excluding tert-OH is 1. The van der Waals surface area contributed by atoms with Crippen molar-refractivity contribution in [3.8, 4) is 0 Å². The first kappa shape index (κ1) is 26.1. The highest BCUT2D eigenvalue weighted by atomic mass is 127. The van der Waals surface area contributed by atoms with Crippen molar-refractivity contribution in [1.29, 1.82) is 0 Å². The van der Waals surface area contributed by atoms with Crippen molar-refractivity contribution < 1.29 is 13.5 Å². The van der Waals surface area contributed by atoms with Crippen LogP contribution in [0.3, 0.4) is 0 Å². The molecular weight excluding hydrogens is 479 g/mol. The summed E-state index contributed by atoms with van der Waals surface area (Å²) in [6, 6.07) is 6.48. The van der Waals surface area contributed by atoms with Gasteiger partial charge in [-0.25, -0.2) is 18.5 Å². The standard InChI is InChI=1S/C18H32N4O3S.HI/c1-4-20-18(22-13-16(8-9-23)10-14(2)3)21-12-15-6-5-7-17(11-15)26(19,24)25;/h5-7,11,14,16,23H,4,8-10,12-13H2,1-3H3,(H2,19,24,25)(H2,20,21,22);1H. The zero-order valence-corrected chi connectivity index (χ0v) is 19.5. The summed E-state index contributed by atoms with van der Waals surface area (Å²) >= 11 is 0. The van der Waals surface area contributed by atoms with Crippen LogP contribution in [0.5, 0.6) is 0 Å². The molecule has 1 aromatic carbocycles. The Hall–Kier alpha value is -0.910. The Bertz CT molecular complexity index is 681. The second-order valence-corrected chi connectivity index (χ2v) is 8.34. The monoisotopic (exact) mass is 512 g/mol. The number of benzene rings is 1. The number of sulfonamides is 1. The van der Waals surface area contributed by atoms with E-state index in [-0.39, 0.29) is 35.5 Å². The van der Waals surface area contributed by atoms with Crippen molar-refractivity contribution in [2.24, 2.45) is 22.0 Å². The summed E-state index contributed by atoms with van der Waals surface area (Å²) in [5.74, 6) is 1.60. The molecule has 0 spiro atoms. The van der Waals surface area contributed by atoms with E-state index in [0.717, 1.165) is 31.5 Å². The van der Waals surface area contributed by atoms with Gasteiger partial charge in [0.15, 0.2) is 5.96 Å². The van der Waals surface area contributed by atoms with Gasteiger partial charge >= 0.3 is 0 Å². The highest BCUT2D eigenvalue weighted by Gasteiger charge is 2.12. The summed E-state index contributed by atoms with van der Waals surface area (Å²) in [6.07, 6.45) is 1.78. The van der Waals surface area contributed by atoms with E-state index in [9.17, 15) is 13.5 Å². The Morgan fingerprint density at radius 3 is 2.56 bits per heavy atom. The third kappa shape index (κ3) is 10.9. The van der Waals surface area contributed by atoms with Crippen LogP contribution in [-0.4, -0.2) is 39.2 Å². The lowest BCUT2D eigenvalue weighted by Gasteiger charge is -2.20. The van der Waals surface area contributed by atoms with Gasteiger partial charge in [0.1, 0.15) is 0 Å². The number of primary sulfonamides is 1. The number of nitrogens with zero attached hydrogens (tertiary/aromatic N) is 1. The first-order valence-electron chi connectivity index (χ1n) is 9.01. The lowest BCUT2D eigenvalue weighted by molar-refractivity contribution is 0.243. The fraction of sp³-hybridized carbons (Fsp3) is 0.611. The summed E-state index contributed by atoms with van der Waals surface area (Å²) in [7, 11) is -3.72. The molecule has 0 aliphatic carbocycles. The molecule has 1 aromatic rings. The third-order valence-corrected chi connectivity index (χ3v) is 4.80. The summed E-state index contributed by atoms with van der Waals surface area (Å²) in [5, 5.41) is 20.9. The maximum absolute atomic E-state index is 11.4. The number of halogens is 1. The Morgan fingerprint density at radius 1 is 1.30 bits per heavy atom. The Morgan fingerprint density at radius 2 is 2.00 bits per heavy atom. The molecule has 0 saturated heterocycles. The molecule has 7 nitrogen and oxygen atoms in total. The van der Waals surface area contributed by atoms with Gasteiger partial charge in [-0.3, -0.25) is 0 Å². The minimum atomic E-state index is -3.72. The van der Waals surface area contributed by atoms with E-state index in [1.165, 1.54) is 12.1 Å². The minimum absolute atomic E-state index is 0. The topological polar surface area (TPSA) is 117 Å². The smallest absolute Gasteiger partial charge is 0.238 e. The number of hydrogen-bond acceptors (Lipinski definition) is 4. The molecule has 0 bridgehead atoms. The van der Waals surface area contributed by atoms with E-state index < -0.39 is 10.0 Å². The molecule has 1 rings (SSSR count). The lowest BCUT2D eigenvalue weighted by atomic mass is 9.94. The lowest BCUT2D eigenvalue weighted by Crippen LogP contribution is -2.40. The summed E-state index contributed by atoms with van der Waals surface area (Å²) < 4.78 is 22.9. The number of nitrogens with two attached hydrogens (primary N) is 1. The number of hydrogen-bond donors (Lipinski definition) is 4. The summed E-state index contributed by atoms with van der Waals surface area (Å²) in [4.78, 5) is 4.60. The number of nitrogens with one attached hydrogen (secondary N) is 2. The normalized spacial score (nSPS) is 13.2. The van der Waals surface area contributed by atoms with Gasteiger partial charge in [-0.1, -0.05) is 26.0 Å². The van der Waals surface area contributed by atoms with Crippen molar-refractivity contribution in [3.63, 3.8) is 0 Å². The van der Waals surface area contributed by atoms with Gasteiger partial charge in [0, 0.05) is 19.7 Å². The van der Waals surface area contributed by atoms with Crippen LogP contribution in [0.15, 0.2) is 34.2 Å². The van der Waals surface area contributed by atoms with Crippen LogP contribution in [-0.2, 0) is 16.6 Å². The molecule has 0 amide bonds. The van der Waals surface area contributed by atoms with Crippen molar-refractivity contribution in [1.82, 2.24) is 10.6 Å². The average Bonchev–Trinajstić information content (AvgIpc) is 2.56. The molecule has 9 heteroatoms. The number of aliphatic imine (C=N–C) groups is 1. The van der Waals surface area contributed by atoms with Crippen LogP contribution in [0, 0.1) is 11.8 Å². The second-order valence-electron chi connectivity index (χ2n) is 6.78. The summed E-state index contributed by atoms with van der Waals surface area (Å²) in [5.41, 5.74) is 0.766. The van der Waals surface area contributed by atoms with E-state index in [0.29, 0.717) is 24.3 Å². The van der Waals surface area contributed by atoms with Gasteiger partial charge in [0.2, 0.25) is 10.0 Å². The molecule has 0 aromatic heterocycles. The molecule has 0 fully saturated rings. The minimum Gasteiger partial charge on any atom is -0.396 e. The van der Waals surface area contributed by atoms with Crippen molar-refractivity contribution in [2.75, 3.05) is 19.7 Å². The zero-order valence-electron chi connectivity index (χ0n) is 16.3. The van der Waals surface area contributed by atoms with E-state index >= 15 is 0 Å². The summed E-state index contributed by atoms with van der Waals surface area (Å²) in [6.45, 7) is 8.28. The SMILES string of the molecule is CCNC(=NCc1cccc(S(N)(=O)=O)c1)NCC(CCO)CC(C)C.I. The van der Waals surface area contributed by atoms with Gasteiger partial charge in [-0.2, -0.15) is 0 Å². The quantitative estimate of drug-likeness (QED) is 0.218. The van der Waals surface area contributed by atoms with Crippen LogP contribution in [0.25, 0.3) is 0 Å². The molecule has 1 unspecified atom stereocenters. The molecule has 5 N–H and O–H groups in total. The predicted octanol–water partition coefficient (Wildman–Crippen LogP) is 2.05. The van der Waals surface area contributed by atoms with Crippen LogP contribution >= 0.6 is 24.0 Å².